The lowest BCUT2D eigenvalue weighted by atomic mass is 10.1. The quantitative estimate of drug-likeness (QED) is 0.802. The Labute approximate surface area is 118 Å². The van der Waals surface area contributed by atoms with Gasteiger partial charge in [0.2, 0.25) is 0 Å². The number of carbonyl (C=O) groups is 1. The summed E-state index contributed by atoms with van der Waals surface area (Å²) in [7, 11) is 1.35. The fraction of sp³-hybridized carbons (Fsp3) is 0.250. The molecule has 0 aliphatic carbocycles. The maximum absolute atomic E-state index is 11.3. The predicted molar refractivity (Wildman–Crippen MR) is 75.8 cm³/mol. The molecule has 1 aromatic carbocycles. The van der Waals surface area contributed by atoms with Crippen LogP contribution in [0, 0.1) is 13.8 Å². The van der Waals surface area contributed by atoms with Crippen molar-refractivity contribution >= 4 is 5.97 Å². The highest BCUT2D eigenvalue weighted by atomic mass is 16.5. The molecule has 0 N–H and O–H groups in total. The average Bonchev–Trinajstić information content (AvgIpc) is 2.48. The van der Waals surface area contributed by atoms with Crippen LogP contribution in [0.2, 0.25) is 0 Å². The topological polar surface area (TPSA) is 48.4 Å². The summed E-state index contributed by atoms with van der Waals surface area (Å²) in [6.45, 7) is 4.47. The van der Waals surface area contributed by atoms with Gasteiger partial charge in [-0.05, 0) is 49.2 Å². The third kappa shape index (κ3) is 3.35. The first kappa shape index (κ1) is 14.1. The molecule has 0 spiro atoms. The van der Waals surface area contributed by atoms with Crippen molar-refractivity contribution < 1.29 is 14.3 Å². The molecule has 4 nitrogen and oxygen atoms in total. The molecule has 0 saturated carbocycles. The van der Waals surface area contributed by atoms with Crippen molar-refractivity contribution in [1.82, 2.24) is 4.98 Å². The molecule has 0 saturated heterocycles. The molecule has 0 bridgehead atoms. The third-order valence-electron chi connectivity index (χ3n) is 3.11. The lowest BCUT2D eigenvalue weighted by Crippen LogP contribution is -2.04. The van der Waals surface area contributed by atoms with Gasteiger partial charge in [0.15, 0.2) is 0 Å². The predicted octanol–water partition coefficient (Wildman–Crippen LogP) is 3.06. The molecule has 104 valence electrons. The number of esters is 1. The molecular weight excluding hydrogens is 254 g/mol. The molecule has 2 aromatic rings. The second-order valence-electron chi connectivity index (χ2n) is 4.56. The lowest BCUT2D eigenvalue weighted by Gasteiger charge is -2.08. The molecule has 0 amide bonds. The van der Waals surface area contributed by atoms with Gasteiger partial charge in [0.05, 0.1) is 18.4 Å². The van der Waals surface area contributed by atoms with Crippen LogP contribution < -0.4 is 4.74 Å². The zero-order valence-corrected chi connectivity index (χ0v) is 11.8. The number of aromatic nitrogens is 1. The Hall–Kier alpha value is -2.36. The Morgan fingerprint density at radius 2 is 1.95 bits per heavy atom. The van der Waals surface area contributed by atoms with E-state index in [0.29, 0.717) is 12.2 Å². The van der Waals surface area contributed by atoms with E-state index < -0.39 is 0 Å². The van der Waals surface area contributed by atoms with Crippen LogP contribution >= 0.6 is 0 Å². The molecule has 1 aromatic heterocycles. The number of aryl methyl sites for hydroxylation is 2. The van der Waals surface area contributed by atoms with Crippen molar-refractivity contribution in [2.75, 3.05) is 7.11 Å². The molecular formula is C16H17NO3. The molecule has 0 radical (unpaired) electrons. The first-order valence-corrected chi connectivity index (χ1v) is 6.33. The minimum atomic E-state index is -0.390. The fourth-order valence-corrected chi connectivity index (χ4v) is 1.71. The second kappa shape index (κ2) is 6.19. The van der Waals surface area contributed by atoms with E-state index in [0.717, 1.165) is 11.4 Å². The summed E-state index contributed by atoms with van der Waals surface area (Å²) < 4.78 is 10.3. The monoisotopic (exact) mass is 271 g/mol. The number of pyridine rings is 1. The summed E-state index contributed by atoms with van der Waals surface area (Å²) >= 11 is 0. The number of benzene rings is 1. The number of carbonyl (C=O) groups excluding carboxylic acids is 1. The fourth-order valence-electron chi connectivity index (χ4n) is 1.71. The number of hydrogen-bond donors (Lipinski definition) is 0. The van der Waals surface area contributed by atoms with E-state index in [9.17, 15) is 4.79 Å². The largest absolute Gasteiger partial charge is 0.487 e. The number of nitrogens with zero attached hydrogens (tertiary/aromatic N) is 1. The number of methoxy groups -OCH3 is 1. The number of ether oxygens (including phenoxy) is 2. The molecule has 1 heterocycles. The van der Waals surface area contributed by atoms with Crippen molar-refractivity contribution in [2.45, 2.75) is 20.5 Å². The van der Waals surface area contributed by atoms with Crippen LogP contribution in [-0.4, -0.2) is 18.1 Å². The highest BCUT2D eigenvalue weighted by molar-refractivity contribution is 5.88. The van der Waals surface area contributed by atoms with Crippen LogP contribution in [-0.2, 0) is 11.3 Å². The van der Waals surface area contributed by atoms with Gasteiger partial charge in [-0.25, -0.2) is 4.79 Å². The van der Waals surface area contributed by atoms with E-state index >= 15 is 0 Å². The smallest absolute Gasteiger partial charge is 0.339 e. The minimum Gasteiger partial charge on any atom is -0.487 e. The van der Waals surface area contributed by atoms with Gasteiger partial charge in [0.25, 0.3) is 0 Å². The van der Waals surface area contributed by atoms with Gasteiger partial charge in [-0.3, -0.25) is 4.98 Å². The molecule has 0 atom stereocenters. The van der Waals surface area contributed by atoms with Crippen molar-refractivity contribution in [3.05, 3.63) is 58.9 Å². The van der Waals surface area contributed by atoms with E-state index in [1.54, 1.807) is 12.1 Å². The third-order valence-corrected chi connectivity index (χ3v) is 3.11. The van der Waals surface area contributed by atoms with Gasteiger partial charge in [0, 0.05) is 6.20 Å². The molecule has 0 fully saturated rings. The number of hydrogen-bond acceptors (Lipinski definition) is 4. The van der Waals surface area contributed by atoms with Crippen LogP contribution in [0.3, 0.4) is 0 Å². The van der Waals surface area contributed by atoms with E-state index in [2.05, 4.69) is 16.6 Å². The highest BCUT2D eigenvalue weighted by Crippen LogP contribution is 2.17. The molecule has 0 aliphatic rings. The Kier molecular flexibility index (Phi) is 4.35. The molecule has 20 heavy (non-hydrogen) atoms. The Bertz CT molecular complexity index is 606. The van der Waals surface area contributed by atoms with E-state index in [4.69, 9.17) is 4.74 Å². The van der Waals surface area contributed by atoms with Crippen molar-refractivity contribution in [2.24, 2.45) is 0 Å². The van der Waals surface area contributed by atoms with E-state index in [1.807, 2.05) is 25.1 Å². The highest BCUT2D eigenvalue weighted by Gasteiger charge is 2.06. The zero-order chi connectivity index (χ0) is 14.5. The summed E-state index contributed by atoms with van der Waals surface area (Å²) in [5, 5.41) is 0. The van der Waals surface area contributed by atoms with Gasteiger partial charge >= 0.3 is 5.97 Å². The minimum absolute atomic E-state index is 0.365. The van der Waals surface area contributed by atoms with Gasteiger partial charge in [-0.2, -0.15) is 0 Å². The van der Waals surface area contributed by atoms with Crippen LogP contribution in [0.4, 0.5) is 0 Å². The zero-order valence-electron chi connectivity index (χ0n) is 11.8. The normalized spacial score (nSPS) is 10.2. The Morgan fingerprint density at radius 1 is 1.15 bits per heavy atom. The summed E-state index contributed by atoms with van der Waals surface area (Å²) in [6.07, 6.45) is 1.49. The van der Waals surface area contributed by atoms with Gasteiger partial charge < -0.3 is 9.47 Å². The van der Waals surface area contributed by atoms with E-state index in [1.165, 1.54) is 24.4 Å². The van der Waals surface area contributed by atoms with Crippen LogP contribution in [0.5, 0.6) is 5.75 Å². The first-order chi connectivity index (χ1) is 9.60. The van der Waals surface area contributed by atoms with Gasteiger partial charge in [0.1, 0.15) is 12.4 Å². The summed E-state index contributed by atoms with van der Waals surface area (Å²) in [5.41, 5.74) is 3.62. The summed E-state index contributed by atoms with van der Waals surface area (Å²) in [5.74, 6) is 0.422. The second-order valence-corrected chi connectivity index (χ2v) is 4.56. The number of rotatable bonds is 4. The Balaban J connectivity index is 2.00. The van der Waals surface area contributed by atoms with Gasteiger partial charge in [-0.1, -0.05) is 6.07 Å². The summed E-state index contributed by atoms with van der Waals surface area (Å²) in [6, 6.07) is 9.40. The van der Waals surface area contributed by atoms with Crippen molar-refractivity contribution in [1.29, 1.82) is 0 Å². The molecule has 4 heteroatoms. The maximum Gasteiger partial charge on any atom is 0.339 e. The first-order valence-electron chi connectivity index (χ1n) is 6.33. The Morgan fingerprint density at radius 3 is 2.55 bits per heavy atom. The van der Waals surface area contributed by atoms with Crippen molar-refractivity contribution in [3.63, 3.8) is 0 Å². The summed E-state index contributed by atoms with van der Waals surface area (Å²) in [4.78, 5) is 15.5. The molecule has 0 aliphatic heterocycles. The van der Waals surface area contributed by atoms with Crippen LogP contribution in [0.25, 0.3) is 0 Å². The van der Waals surface area contributed by atoms with Gasteiger partial charge in [-0.15, -0.1) is 0 Å². The lowest BCUT2D eigenvalue weighted by molar-refractivity contribution is 0.0600. The average molecular weight is 271 g/mol. The van der Waals surface area contributed by atoms with E-state index in [-0.39, 0.29) is 5.97 Å². The standard InChI is InChI=1S/C16H17NO3/c1-11-4-7-15(8-12(11)2)20-10-14-6-5-13(9-17-14)16(18)19-3/h4-9H,10H2,1-3H3. The van der Waals surface area contributed by atoms with Crippen molar-refractivity contribution in [3.8, 4) is 5.75 Å². The maximum atomic E-state index is 11.3. The molecule has 0 unspecified atom stereocenters. The van der Waals surface area contributed by atoms with Crippen LogP contribution in [0.15, 0.2) is 36.5 Å². The van der Waals surface area contributed by atoms with Crippen LogP contribution in [0.1, 0.15) is 27.2 Å². The molecule has 2 rings (SSSR count). The SMILES string of the molecule is COC(=O)c1ccc(COc2ccc(C)c(C)c2)nc1.